The van der Waals surface area contributed by atoms with Crippen LogP contribution in [0.15, 0.2) is 54.7 Å². The van der Waals surface area contributed by atoms with Gasteiger partial charge in [-0.2, -0.15) is 10.1 Å². The van der Waals surface area contributed by atoms with E-state index in [2.05, 4.69) is 50.9 Å². The Labute approximate surface area is 153 Å². The minimum Gasteiger partial charge on any atom is -0.497 e. The highest BCUT2D eigenvalue weighted by molar-refractivity contribution is 5.56. The van der Waals surface area contributed by atoms with Gasteiger partial charge in [-0.05, 0) is 48.2 Å². The molecule has 0 amide bonds. The number of methoxy groups -OCH3 is 1. The Morgan fingerprint density at radius 2 is 1.88 bits per heavy atom. The maximum Gasteiger partial charge on any atom is 0.244 e. The SMILES string of the molecule is CCc1ccc(Nc2cnnc(NCCc3cccc(OC)c3)n2)cc1. The normalized spacial score (nSPS) is 10.4. The highest BCUT2D eigenvalue weighted by atomic mass is 16.5. The lowest BCUT2D eigenvalue weighted by Crippen LogP contribution is -2.09. The van der Waals surface area contributed by atoms with Gasteiger partial charge in [-0.15, -0.1) is 5.10 Å². The number of aryl methyl sites for hydroxylation is 1. The summed E-state index contributed by atoms with van der Waals surface area (Å²) >= 11 is 0. The number of anilines is 3. The summed E-state index contributed by atoms with van der Waals surface area (Å²) in [6.07, 6.45) is 3.48. The van der Waals surface area contributed by atoms with Gasteiger partial charge in [-0.25, -0.2) is 0 Å². The van der Waals surface area contributed by atoms with Gasteiger partial charge < -0.3 is 15.4 Å². The zero-order valence-corrected chi connectivity index (χ0v) is 15.1. The molecule has 0 saturated carbocycles. The maximum absolute atomic E-state index is 5.24. The average molecular weight is 349 g/mol. The highest BCUT2D eigenvalue weighted by Gasteiger charge is 2.02. The Hall–Kier alpha value is -3.15. The molecule has 26 heavy (non-hydrogen) atoms. The number of benzene rings is 2. The molecule has 0 fully saturated rings. The number of rotatable bonds is 8. The number of hydrogen-bond donors (Lipinski definition) is 2. The van der Waals surface area contributed by atoms with Gasteiger partial charge in [0, 0.05) is 12.2 Å². The van der Waals surface area contributed by atoms with Crippen LogP contribution in [0.4, 0.5) is 17.5 Å². The molecule has 2 aromatic carbocycles. The lowest BCUT2D eigenvalue weighted by Gasteiger charge is -2.08. The summed E-state index contributed by atoms with van der Waals surface area (Å²) in [5.41, 5.74) is 3.47. The first kappa shape index (κ1) is 17.7. The summed E-state index contributed by atoms with van der Waals surface area (Å²) in [5, 5.41) is 14.5. The summed E-state index contributed by atoms with van der Waals surface area (Å²) in [5.74, 6) is 2.02. The molecule has 3 aromatic rings. The first-order valence-electron chi connectivity index (χ1n) is 8.69. The van der Waals surface area contributed by atoms with Crippen molar-refractivity contribution < 1.29 is 4.74 Å². The van der Waals surface area contributed by atoms with Crippen LogP contribution in [0.3, 0.4) is 0 Å². The van der Waals surface area contributed by atoms with Crippen molar-refractivity contribution in [2.45, 2.75) is 19.8 Å². The van der Waals surface area contributed by atoms with Crippen molar-refractivity contribution >= 4 is 17.5 Å². The van der Waals surface area contributed by atoms with Crippen LogP contribution in [-0.2, 0) is 12.8 Å². The highest BCUT2D eigenvalue weighted by Crippen LogP contribution is 2.16. The predicted octanol–water partition coefficient (Wildman–Crippen LogP) is 3.84. The zero-order valence-electron chi connectivity index (χ0n) is 15.1. The van der Waals surface area contributed by atoms with Gasteiger partial charge in [-0.1, -0.05) is 31.2 Å². The quantitative estimate of drug-likeness (QED) is 0.644. The Kier molecular flexibility index (Phi) is 5.98. The molecule has 0 aliphatic carbocycles. The molecule has 134 valence electrons. The smallest absolute Gasteiger partial charge is 0.244 e. The van der Waals surface area contributed by atoms with Crippen LogP contribution in [0, 0.1) is 0 Å². The molecule has 0 aliphatic rings. The molecule has 1 heterocycles. The first-order valence-corrected chi connectivity index (χ1v) is 8.69. The molecule has 0 atom stereocenters. The molecule has 6 heteroatoms. The largest absolute Gasteiger partial charge is 0.497 e. The molecule has 0 saturated heterocycles. The Morgan fingerprint density at radius 3 is 2.65 bits per heavy atom. The van der Waals surface area contributed by atoms with Crippen LogP contribution in [0.2, 0.25) is 0 Å². The maximum atomic E-state index is 5.24. The second-order valence-corrected chi connectivity index (χ2v) is 5.87. The Balaban J connectivity index is 1.56. The molecule has 0 radical (unpaired) electrons. The van der Waals surface area contributed by atoms with Crippen molar-refractivity contribution in [2.24, 2.45) is 0 Å². The summed E-state index contributed by atoms with van der Waals surface area (Å²) in [4.78, 5) is 4.46. The van der Waals surface area contributed by atoms with Gasteiger partial charge in [0.15, 0.2) is 5.82 Å². The van der Waals surface area contributed by atoms with E-state index in [4.69, 9.17) is 4.74 Å². The lowest BCUT2D eigenvalue weighted by molar-refractivity contribution is 0.414. The summed E-state index contributed by atoms with van der Waals surface area (Å²) in [6, 6.07) is 16.3. The van der Waals surface area contributed by atoms with Crippen LogP contribution in [0.1, 0.15) is 18.1 Å². The number of ether oxygens (including phenoxy) is 1. The predicted molar refractivity (Wildman–Crippen MR) is 104 cm³/mol. The molecule has 0 spiro atoms. The fourth-order valence-corrected chi connectivity index (χ4v) is 2.56. The zero-order chi connectivity index (χ0) is 18.2. The molecule has 6 nitrogen and oxygen atoms in total. The third-order valence-corrected chi connectivity index (χ3v) is 4.02. The van der Waals surface area contributed by atoms with E-state index >= 15 is 0 Å². The molecule has 0 unspecified atom stereocenters. The van der Waals surface area contributed by atoms with Crippen molar-refractivity contribution in [1.82, 2.24) is 15.2 Å². The second-order valence-electron chi connectivity index (χ2n) is 5.87. The van der Waals surface area contributed by atoms with E-state index in [-0.39, 0.29) is 0 Å². The number of nitrogens with one attached hydrogen (secondary N) is 2. The van der Waals surface area contributed by atoms with Gasteiger partial charge in [-0.3, -0.25) is 0 Å². The summed E-state index contributed by atoms with van der Waals surface area (Å²) in [6.45, 7) is 2.85. The lowest BCUT2D eigenvalue weighted by atomic mass is 10.1. The fraction of sp³-hybridized carbons (Fsp3) is 0.250. The Morgan fingerprint density at radius 1 is 1.04 bits per heavy atom. The molecular weight excluding hydrogens is 326 g/mol. The number of hydrogen-bond acceptors (Lipinski definition) is 6. The van der Waals surface area contributed by atoms with Crippen molar-refractivity contribution in [1.29, 1.82) is 0 Å². The molecule has 0 aliphatic heterocycles. The Bertz CT molecular complexity index is 836. The van der Waals surface area contributed by atoms with E-state index in [0.29, 0.717) is 18.3 Å². The van der Waals surface area contributed by atoms with E-state index in [1.165, 1.54) is 11.1 Å². The van der Waals surface area contributed by atoms with Crippen molar-refractivity contribution in [3.05, 3.63) is 65.9 Å². The molecule has 2 N–H and O–H groups in total. The van der Waals surface area contributed by atoms with E-state index < -0.39 is 0 Å². The van der Waals surface area contributed by atoms with E-state index in [1.54, 1.807) is 13.3 Å². The molecule has 0 bridgehead atoms. The van der Waals surface area contributed by atoms with Crippen LogP contribution >= 0.6 is 0 Å². The third kappa shape index (κ3) is 4.92. The summed E-state index contributed by atoms with van der Waals surface area (Å²) in [7, 11) is 1.67. The van der Waals surface area contributed by atoms with Crippen molar-refractivity contribution in [3.8, 4) is 5.75 Å². The van der Waals surface area contributed by atoms with Gasteiger partial charge in [0.1, 0.15) is 5.75 Å². The van der Waals surface area contributed by atoms with E-state index in [1.807, 2.05) is 30.3 Å². The molecule has 3 rings (SSSR count). The first-order chi connectivity index (χ1) is 12.8. The number of aromatic nitrogens is 3. The van der Waals surface area contributed by atoms with Gasteiger partial charge in [0.25, 0.3) is 0 Å². The number of nitrogens with zero attached hydrogens (tertiary/aromatic N) is 3. The topological polar surface area (TPSA) is 72.0 Å². The van der Waals surface area contributed by atoms with E-state index in [0.717, 1.165) is 24.3 Å². The van der Waals surface area contributed by atoms with Crippen LogP contribution in [-0.4, -0.2) is 28.8 Å². The summed E-state index contributed by atoms with van der Waals surface area (Å²) < 4.78 is 5.24. The standard InChI is InChI=1S/C20H23N5O/c1-3-15-7-9-17(10-8-15)23-19-14-22-25-20(24-19)21-12-11-16-5-4-6-18(13-16)26-2/h4-10,13-14H,3,11-12H2,1-2H3,(H2,21,23,24,25). The monoisotopic (exact) mass is 349 g/mol. The van der Waals surface area contributed by atoms with Crippen molar-refractivity contribution in [2.75, 3.05) is 24.3 Å². The molecular formula is C20H23N5O. The average Bonchev–Trinajstić information content (AvgIpc) is 2.69. The third-order valence-electron chi connectivity index (χ3n) is 4.02. The minimum absolute atomic E-state index is 0.503. The minimum atomic E-state index is 0.503. The molecule has 1 aromatic heterocycles. The second kappa shape index (κ2) is 8.80. The van der Waals surface area contributed by atoms with Crippen LogP contribution < -0.4 is 15.4 Å². The van der Waals surface area contributed by atoms with E-state index in [9.17, 15) is 0 Å². The van der Waals surface area contributed by atoms with Crippen LogP contribution in [0.5, 0.6) is 5.75 Å². The van der Waals surface area contributed by atoms with Gasteiger partial charge in [0.05, 0.1) is 13.3 Å². The van der Waals surface area contributed by atoms with Gasteiger partial charge in [0.2, 0.25) is 5.95 Å². The fourth-order valence-electron chi connectivity index (χ4n) is 2.56. The van der Waals surface area contributed by atoms with Crippen LogP contribution in [0.25, 0.3) is 0 Å². The van der Waals surface area contributed by atoms with Gasteiger partial charge >= 0.3 is 0 Å². The van der Waals surface area contributed by atoms with Crippen molar-refractivity contribution in [3.63, 3.8) is 0 Å².